The largest absolute Gasteiger partial charge is 0.544 e. The monoisotopic (exact) mass is 766 g/mol. The van der Waals surface area contributed by atoms with Crippen LogP contribution < -0.4 is 5.11 Å². The molecule has 0 heterocycles. The van der Waals surface area contributed by atoms with E-state index in [9.17, 15) is 19.5 Å². The fourth-order valence-electron chi connectivity index (χ4n) is 6.83. The van der Waals surface area contributed by atoms with Crippen LogP contribution in [0, 0.1) is 0 Å². The highest BCUT2D eigenvalue weighted by atomic mass is 16.6. The molecular formula is C46H87NO7. The van der Waals surface area contributed by atoms with Crippen molar-refractivity contribution >= 4 is 17.9 Å². The summed E-state index contributed by atoms with van der Waals surface area (Å²) in [6.45, 7) is 4.66. The number of carboxylic acid groups (broad SMARTS) is 1. The van der Waals surface area contributed by atoms with Gasteiger partial charge in [-0.25, -0.2) is 0 Å². The van der Waals surface area contributed by atoms with Gasteiger partial charge in [-0.05, 0) is 38.5 Å². The van der Waals surface area contributed by atoms with Crippen LogP contribution in [0.4, 0.5) is 0 Å². The number of likely N-dealkylation sites (N-methyl/N-ethyl adjacent to an activating group) is 1. The van der Waals surface area contributed by atoms with E-state index in [2.05, 4.69) is 26.0 Å². The SMILES string of the molecule is CCCCCCCCCC/C=C\CCCCCCCCCCCC(=O)OC(COCCC(C(=O)[O-])[N+](C)(C)C)COC(=O)CCCCCCCCCCC. The maximum atomic E-state index is 12.7. The summed E-state index contributed by atoms with van der Waals surface area (Å²) in [5.41, 5.74) is 0. The first-order valence-corrected chi connectivity index (χ1v) is 22.7. The Morgan fingerprint density at radius 3 is 1.33 bits per heavy atom. The molecule has 0 saturated carbocycles. The van der Waals surface area contributed by atoms with Crippen LogP contribution in [0.1, 0.15) is 213 Å². The zero-order chi connectivity index (χ0) is 40.0. The molecule has 2 unspecified atom stereocenters. The van der Waals surface area contributed by atoms with E-state index in [1.165, 1.54) is 141 Å². The van der Waals surface area contributed by atoms with Gasteiger partial charge in [0.25, 0.3) is 0 Å². The summed E-state index contributed by atoms with van der Waals surface area (Å²) in [6.07, 6.45) is 39.6. The molecule has 0 N–H and O–H groups in total. The number of quaternary nitrogens is 1. The highest BCUT2D eigenvalue weighted by Gasteiger charge is 2.25. The Hall–Kier alpha value is -1.93. The number of allylic oxidation sites excluding steroid dienone is 2. The smallest absolute Gasteiger partial charge is 0.306 e. The number of unbranched alkanes of at least 4 members (excludes halogenated alkanes) is 25. The van der Waals surface area contributed by atoms with Crippen LogP contribution in [0.5, 0.6) is 0 Å². The molecule has 0 amide bonds. The van der Waals surface area contributed by atoms with E-state index in [-0.39, 0.29) is 42.7 Å². The quantitative estimate of drug-likeness (QED) is 0.0264. The summed E-state index contributed by atoms with van der Waals surface area (Å²) >= 11 is 0. The zero-order valence-corrected chi connectivity index (χ0v) is 36.2. The average Bonchev–Trinajstić information content (AvgIpc) is 3.12. The molecule has 318 valence electrons. The molecule has 54 heavy (non-hydrogen) atoms. The van der Waals surface area contributed by atoms with Crippen molar-refractivity contribution in [3.05, 3.63) is 12.2 Å². The summed E-state index contributed by atoms with van der Waals surface area (Å²) in [4.78, 5) is 36.7. The number of nitrogens with zero attached hydrogens (tertiary/aromatic N) is 1. The predicted molar refractivity (Wildman–Crippen MR) is 222 cm³/mol. The molecule has 0 aliphatic carbocycles. The van der Waals surface area contributed by atoms with Crippen molar-refractivity contribution in [3.8, 4) is 0 Å². The average molecular weight is 766 g/mol. The lowest BCUT2D eigenvalue weighted by molar-refractivity contribution is -0.889. The Kier molecular flexibility index (Phi) is 36.6. The first-order valence-electron chi connectivity index (χ1n) is 22.7. The normalized spacial score (nSPS) is 13.0. The van der Waals surface area contributed by atoms with Crippen LogP contribution in [0.25, 0.3) is 0 Å². The minimum Gasteiger partial charge on any atom is -0.544 e. The Balaban J connectivity index is 4.20. The molecule has 0 aromatic heterocycles. The van der Waals surface area contributed by atoms with E-state index in [4.69, 9.17) is 14.2 Å². The molecule has 0 aromatic carbocycles. The van der Waals surface area contributed by atoms with Crippen molar-refractivity contribution < 1.29 is 38.2 Å². The molecule has 0 rings (SSSR count). The van der Waals surface area contributed by atoms with E-state index in [0.29, 0.717) is 12.8 Å². The van der Waals surface area contributed by atoms with Gasteiger partial charge in [0.15, 0.2) is 6.10 Å². The number of esters is 2. The van der Waals surface area contributed by atoms with E-state index < -0.39 is 18.1 Å². The van der Waals surface area contributed by atoms with Crippen molar-refractivity contribution in [2.45, 2.75) is 225 Å². The van der Waals surface area contributed by atoms with Crippen LogP contribution in [-0.2, 0) is 28.6 Å². The summed E-state index contributed by atoms with van der Waals surface area (Å²) in [7, 11) is 5.41. The highest BCUT2D eigenvalue weighted by molar-refractivity contribution is 5.70. The van der Waals surface area contributed by atoms with E-state index in [1.54, 1.807) is 21.1 Å². The lowest BCUT2D eigenvalue weighted by atomic mass is 10.1. The number of carboxylic acids is 1. The molecule has 0 bridgehead atoms. The molecule has 0 aliphatic rings. The number of ether oxygens (including phenoxy) is 3. The van der Waals surface area contributed by atoms with Gasteiger partial charge in [0.1, 0.15) is 12.6 Å². The van der Waals surface area contributed by atoms with Gasteiger partial charge in [0.05, 0.1) is 40.3 Å². The fourth-order valence-corrected chi connectivity index (χ4v) is 6.83. The number of aliphatic carboxylic acids is 1. The molecule has 2 atom stereocenters. The Labute approximate surface area is 333 Å². The minimum atomic E-state index is -1.12. The van der Waals surface area contributed by atoms with Crippen molar-refractivity contribution in [2.75, 3.05) is 41.0 Å². The minimum absolute atomic E-state index is 0.0452. The van der Waals surface area contributed by atoms with Gasteiger partial charge < -0.3 is 28.6 Å². The third-order valence-corrected chi connectivity index (χ3v) is 10.4. The molecular weight excluding hydrogens is 679 g/mol. The first-order chi connectivity index (χ1) is 26.1. The maximum absolute atomic E-state index is 12.7. The Morgan fingerprint density at radius 1 is 0.537 bits per heavy atom. The standard InChI is InChI=1S/C46H87NO7/c1-6-8-10-12-14-16-17-18-19-20-21-22-23-24-25-26-27-29-31-33-35-37-45(49)54-42(40-52-39-38-43(46(50)51)47(3,4)5)41-53-44(48)36-34-32-30-28-15-13-11-9-7-2/h20-21,42-43H,6-19,22-41H2,1-5H3/b21-20-. The molecule has 0 radical (unpaired) electrons. The third-order valence-electron chi connectivity index (χ3n) is 10.4. The second-order valence-electron chi connectivity index (χ2n) is 16.6. The summed E-state index contributed by atoms with van der Waals surface area (Å²) in [6, 6.07) is -0.721. The molecule has 0 spiro atoms. The van der Waals surface area contributed by atoms with E-state index >= 15 is 0 Å². The van der Waals surface area contributed by atoms with Crippen LogP contribution in [0.2, 0.25) is 0 Å². The number of carbonyl (C=O) groups is 3. The first kappa shape index (κ1) is 52.1. The maximum Gasteiger partial charge on any atom is 0.306 e. The Morgan fingerprint density at radius 2 is 0.926 bits per heavy atom. The van der Waals surface area contributed by atoms with Gasteiger partial charge in [-0.2, -0.15) is 0 Å². The van der Waals surface area contributed by atoms with Crippen molar-refractivity contribution in [3.63, 3.8) is 0 Å². The van der Waals surface area contributed by atoms with E-state index in [0.717, 1.165) is 38.5 Å². The van der Waals surface area contributed by atoms with Gasteiger partial charge in [0.2, 0.25) is 0 Å². The Bertz CT molecular complexity index is 900. The van der Waals surface area contributed by atoms with Gasteiger partial charge in [-0.1, -0.05) is 167 Å². The second-order valence-corrected chi connectivity index (χ2v) is 16.6. The second kappa shape index (κ2) is 38.0. The van der Waals surface area contributed by atoms with Gasteiger partial charge >= 0.3 is 11.9 Å². The number of hydrogen-bond donors (Lipinski definition) is 0. The molecule has 0 aliphatic heterocycles. The third kappa shape index (κ3) is 35.8. The number of rotatable bonds is 41. The highest BCUT2D eigenvalue weighted by Crippen LogP contribution is 2.15. The van der Waals surface area contributed by atoms with Crippen molar-refractivity contribution in [1.29, 1.82) is 0 Å². The summed E-state index contributed by atoms with van der Waals surface area (Å²) < 4.78 is 17.1. The molecule has 8 heteroatoms. The summed E-state index contributed by atoms with van der Waals surface area (Å²) in [5.74, 6) is -1.73. The summed E-state index contributed by atoms with van der Waals surface area (Å²) in [5, 5.41) is 11.6. The van der Waals surface area contributed by atoms with Gasteiger partial charge in [0, 0.05) is 19.3 Å². The van der Waals surface area contributed by atoms with Crippen molar-refractivity contribution in [1.82, 2.24) is 0 Å². The van der Waals surface area contributed by atoms with Gasteiger partial charge in [-0.3, -0.25) is 9.59 Å². The molecule has 0 saturated heterocycles. The van der Waals surface area contributed by atoms with E-state index in [1.807, 2.05) is 0 Å². The zero-order valence-electron chi connectivity index (χ0n) is 36.2. The number of hydrogen-bond acceptors (Lipinski definition) is 7. The van der Waals surface area contributed by atoms with Crippen LogP contribution >= 0.6 is 0 Å². The lowest BCUT2D eigenvalue weighted by Crippen LogP contribution is -2.55. The molecule has 0 fully saturated rings. The van der Waals surface area contributed by atoms with Gasteiger partial charge in [-0.15, -0.1) is 0 Å². The number of carbonyl (C=O) groups excluding carboxylic acids is 3. The predicted octanol–water partition coefficient (Wildman–Crippen LogP) is 11.0. The lowest BCUT2D eigenvalue weighted by Gasteiger charge is -2.34. The molecule has 8 nitrogen and oxygen atoms in total. The van der Waals surface area contributed by atoms with Crippen LogP contribution in [-0.4, -0.2) is 75.5 Å². The fraction of sp³-hybridized carbons (Fsp3) is 0.891. The topological polar surface area (TPSA) is 102 Å². The van der Waals surface area contributed by atoms with Crippen LogP contribution in [0.15, 0.2) is 12.2 Å². The molecule has 0 aromatic rings. The van der Waals surface area contributed by atoms with Crippen LogP contribution in [0.3, 0.4) is 0 Å². The van der Waals surface area contributed by atoms with Crippen molar-refractivity contribution in [2.24, 2.45) is 0 Å².